The number of benzene rings is 2. The van der Waals surface area contributed by atoms with Crippen molar-refractivity contribution in [3.63, 3.8) is 0 Å². The van der Waals surface area contributed by atoms with E-state index in [2.05, 4.69) is 90.1 Å². The molecule has 3 nitrogen and oxygen atoms in total. The van der Waals surface area contributed by atoms with Crippen molar-refractivity contribution >= 4 is 0 Å². The molecule has 4 heterocycles. The summed E-state index contributed by atoms with van der Waals surface area (Å²) in [5, 5.41) is 0. The van der Waals surface area contributed by atoms with Crippen LogP contribution in [-0.2, 0) is 40.3 Å². The summed E-state index contributed by atoms with van der Waals surface area (Å²) in [5.41, 5.74) is 5.72. The van der Waals surface area contributed by atoms with E-state index in [-0.39, 0.29) is 22.4 Å². The monoisotopic (exact) mass is 530 g/mol. The van der Waals surface area contributed by atoms with Gasteiger partial charge in [0, 0.05) is 0 Å². The second kappa shape index (κ2) is 10.00. The molecule has 4 aliphatic heterocycles. The van der Waals surface area contributed by atoms with Crippen LogP contribution in [0.4, 0.5) is 0 Å². The SMILES string of the molecule is CC(C)[C@]12CC[C@@](C)(O1)[C@H](Cc1ccccc1COCc1ccccc1C[C@@H]1C[C@@]3(C(C)C)CC[C@@]1(C)O3)C2. The third-order valence-electron chi connectivity index (χ3n) is 11.7. The molecule has 0 amide bonds. The zero-order valence-corrected chi connectivity index (χ0v) is 25.2. The molecule has 3 heteroatoms. The highest BCUT2D eigenvalue weighted by Gasteiger charge is 2.60. The summed E-state index contributed by atoms with van der Waals surface area (Å²) in [6.07, 6.45) is 9.34. The lowest BCUT2D eigenvalue weighted by Crippen LogP contribution is -2.34. The molecule has 0 aliphatic carbocycles. The van der Waals surface area contributed by atoms with Gasteiger partial charge in [-0.05, 0) is 111 Å². The Hall–Kier alpha value is -1.68. The molecule has 0 spiro atoms. The van der Waals surface area contributed by atoms with Crippen LogP contribution in [0.15, 0.2) is 48.5 Å². The van der Waals surface area contributed by atoms with Crippen LogP contribution in [-0.4, -0.2) is 22.4 Å². The lowest BCUT2D eigenvalue weighted by atomic mass is 9.69. The Morgan fingerprint density at radius 2 is 1.03 bits per heavy atom. The topological polar surface area (TPSA) is 27.7 Å². The van der Waals surface area contributed by atoms with E-state index in [1.807, 2.05) is 0 Å². The first-order chi connectivity index (χ1) is 18.6. The predicted octanol–water partition coefficient (Wildman–Crippen LogP) is 8.46. The molecule has 0 aromatic heterocycles. The third kappa shape index (κ3) is 4.81. The summed E-state index contributed by atoms with van der Waals surface area (Å²) < 4.78 is 19.9. The first-order valence-electron chi connectivity index (χ1n) is 15.7. The molecule has 6 atom stereocenters. The maximum atomic E-state index is 6.74. The maximum Gasteiger partial charge on any atom is 0.0724 e. The van der Waals surface area contributed by atoms with Gasteiger partial charge in [0.15, 0.2) is 0 Å². The Morgan fingerprint density at radius 1 is 0.641 bits per heavy atom. The number of rotatable bonds is 10. The molecule has 212 valence electrons. The van der Waals surface area contributed by atoms with Gasteiger partial charge in [0.05, 0.1) is 35.6 Å². The molecule has 0 N–H and O–H groups in total. The van der Waals surface area contributed by atoms with E-state index in [0.717, 1.165) is 12.8 Å². The van der Waals surface area contributed by atoms with Crippen LogP contribution in [0.3, 0.4) is 0 Å². The zero-order valence-electron chi connectivity index (χ0n) is 25.2. The summed E-state index contributed by atoms with van der Waals surface area (Å²) >= 11 is 0. The van der Waals surface area contributed by atoms with Crippen molar-refractivity contribution in [1.29, 1.82) is 0 Å². The second-order valence-corrected chi connectivity index (χ2v) is 14.5. The van der Waals surface area contributed by atoms with Crippen molar-refractivity contribution in [3.8, 4) is 0 Å². The number of fused-ring (bicyclic) bond motifs is 4. The number of ether oxygens (including phenoxy) is 3. The van der Waals surface area contributed by atoms with E-state index in [0.29, 0.717) is 36.9 Å². The van der Waals surface area contributed by atoms with Gasteiger partial charge in [0.1, 0.15) is 0 Å². The van der Waals surface area contributed by atoms with Crippen molar-refractivity contribution < 1.29 is 14.2 Å². The van der Waals surface area contributed by atoms with Crippen molar-refractivity contribution in [3.05, 3.63) is 70.8 Å². The fourth-order valence-corrected chi connectivity index (χ4v) is 8.64. The van der Waals surface area contributed by atoms with Gasteiger partial charge >= 0.3 is 0 Å². The molecule has 4 bridgehead atoms. The molecular weight excluding hydrogens is 480 g/mol. The van der Waals surface area contributed by atoms with Crippen molar-refractivity contribution in [2.75, 3.05) is 0 Å². The van der Waals surface area contributed by atoms with Crippen molar-refractivity contribution in [2.24, 2.45) is 23.7 Å². The molecule has 2 aromatic rings. The predicted molar refractivity (Wildman–Crippen MR) is 158 cm³/mol. The molecule has 4 saturated heterocycles. The van der Waals surface area contributed by atoms with Crippen LogP contribution >= 0.6 is 0 Å². The fourth-order valence-electron chi connectivity index (χ4n) is 8.64. The lowest BCUT2D eigenvalue weighted by molar-refractivity contribution is -0.0698. The minimum atomic E-state index is 0.0192. The van der Waals surface area contributed by atoms with E-state index < -0.39 is 0 Å². The Labute approximate surface area is 237 Å². The number of hydrogen-bond donors (Lipinski definition) is 0. The van der Waals surface area contributed by atoms with Crippen LogP contribution < -0.4 is 0 Å². The minimum Gasteiger partial charge on any atom is -0.372 e. The molecule has 39 heavy (non-hydrogen) atoms. The largest absolute Gasteiger partial charge is 0.372 e. The Bertz CT molecular complexity index is 1100. The second-order valence-electron chi connectivity index (χ2n) is 14.5. The molecule has 4 aliphatic rings. The quantitative estimate of drug-likeness (QED) is 0.308. The maximum absolute atomic E-state index is 6.74. The number of hydrogen-bond acceptors (Lipinski definition) is 3. The molecule has 0 radical (unpaired) electrons. The smallest absolute Gasteiger partial charge is 0.0724 e. The van der Waals surface area contributed by atoms with Gasteiger partial charge in [-0.15, -0.1) is 0 Å². The highest BCUT2D eigenvalue weighted by Crippen LogP contribution is 2.59. The van der Waals surface area contributed by atoms with Crippen molar-refractivity contribution in [1.82, 2.24) is 0 Å². The molecule has 0 saturated carbocycles. The molecule has 6 rings (SSSR count). The highest BCUT2D eigenvalue weighted by atomic mass is 16.5. The van der Waals surface area contributed by atoms with Gasteiger partial charge in [-0.25, -0.2) is 0 Å². The minimum absolute atomic E-state index is 0.0192. The molecule has 0 unspecified atom stereocenters. The van der Waals surface area contributed by atoms with Crippen LogP contribution in [0.25, 0.3) is 0 Å². The normalized spacial score (nSPS) is 37.0. The third-order valence-corrected chi connectivity index (χ3v) is 11.7. The van der Waals surface area contributed by atoms with E-state index in [1.165, 1.54) is 60.8 Å². The van der Waals surface area contributed by atoms with Crippen LogP contribution in [0.2, 0.25) is 0 Å². The molecular formula is C36H50O3. The van der Waals surface area contributed by atoms with Crippen LogP contribution in [0.1, 0.15) is 102 Å². The standard InChI is InChI=1S/C36H50O3/c1-25(2)35-17-15-33(5,38-35)31(21-35)19-27-11-7-9-13-29(27)23-37-24-30-14-10-8-12-28(30)20-32-22-36(26(3)4)18-16-34(32,6)39-36/h7-14,25-26,31-32H,15-24H2,1-6H3/t31-,32-,33-,34-,35-,36-/m1/s1. The van der Waals surface area contributed by atoms with Crippen molar-refractivity contribution in [2.45, 2.75) is 129 Å². The summed E-state index contributed by atoms with van der Waals surface area (Å²) in [6.45, 7) is 15.4. The van der Waals surface area contributed by atoms with Gasteiger partial charge in [-0.3, -0.25) is 0 Å². The van der Waals surface area contributed by atoms with E-state index in [4.69, 9.17) is 14.2 Å². The van der Waals surface area contributed by atoms with Crippen LogP contribution in [0, 0.1) is 23.7 Å². The van der Waals surface area contributed by atoms with Gasteiger partial charge in [-0.1, -0.05) is 76.2 Å². The van der Waals surface area contributed by atoms with Gasteiger partial charge in [0.2, 0.25) is 0 Å². The molecule has 2 aromatic carbocycles. The lowest BCUT2D eigenvalue weighted by Gasteiger charge is -2.32. The highest BCUT2D eigenvalue weighted by molar-refractivity contribution is 5.30. The summed E-state index contributed by atoms with van der Waals surface area (Å²) in [7, 11) is 0. The first-order valence-corrected chi connectivity index (χ1v) is 15.7. The average Bonchev–Trinajstić information content (AvgIpc) is 3.61. The van der Waals surface area contributed by atoms with E-state index >= 15 is 0 Å². The summed E-state index contributed by atoms with van der Waals surface area (Å²) in [6, 6.07) is 17.8. The Kier molecular flexibility index (Phi) is 7.05. The zero-order chi connectivity index (χ0) is 27.5. The summed E-state index contributed by atoms with van der Waals surface area (Å²) in [4.78, 5) is 0. The van der Waals surface area contributed by atoms with Gasteiger partial charge in [0.25, 0.3) is 0 Å². The Balaban J connectivity index is 1.10. The van der Waals surface area contributed by atoms with Gasteiger partial charge in [-0.2, -0.15) is 0 Å². The molecule has 4 fully saturated rings. The van der Waals surface area contributed by atoms with Crippen LogP contribution in [0.5, 0.6) is 0 Å². The fraction of sp³-hybridized carbons (Fsp3) is 0.667. The average molecular weight is 531 g/mol. The van der Waals surface area contributed by atoms with E-state index in [1.54, 1.807) is 0 Å². The summed E-state index contributed by atoms with van der Waals surface area (Å²) in [5.74, 6) is 2.31. The Morgan fingerprint density at radius 3 is 1.38 bits per heavy atom. The van der Waals surface area contributed by atoms with E-state index in [9.17, 15) is 0 Å². The first kappa shape index (κ1) is 27.5. The van der Waals surface area contributed by atoms with Gasteiger partial charge < -0.3 is 14.2 Å².